The molecule has 0 saturated carbocycles. The molecule has 0 atom stereocenters. The van der Waals surface area contributed by atoms with E-state index in [9.17, 15) is 0 Å². The van der Waals surface area contributed by atoms with Crippen molar-refractivity contribution in [2.24, 2.45) is 5.73 Å². The summed E-state index contributed by atoms with van der Waals surface area (Å²) in [5, 5.41) is 8.19. The summed E-state index contributed by atoms with van der Waals surface area (Å²) in [6.07, 6.45) is 0. The minimum absolute atomic E-state index is 0.522. The number of aromatic nitrogens is 3. The molecule has 0 radical (unpaired) electrons. The van der Waals surface area contributed by atoms with E-state index in [1.165, 1.54) is 0 Å². The molecule has 0 unspecified atom stereocenters. The first-order valence-electron chi connectivity index (χ1n) is 5.82. The van der Waals surface area contributed by atoms with Crippen LogP contribution in [0.5, 0.6) is 0 Å². The van der Waals surface area contributed by atoms with Gasteiger partial charge in [0.1, 0.15) is 0 Å². The van der Waals surface area contributed by atoms with Crippen LogP contribution in [0.4, 0.5) is 11.6 Å². The summed E-state index contributed by atoms with van der Waals surface area (Å²) in [4.78, 5) is 6.33. The number of benzene rings is 1. The van der Waals surface area contributed by atoms with E-state index in [1.54, 1.807) is 0 Å². The van der Waals surface area contributed by atoms with Crippen LogP contribution < -0.4 is 10.6 Å². The number of rotatable bonds is 3. The largest absolute Gasteiger partial charge is 0.326 e. The average Bonchev–Trinajstić information content (AvgIpc) is 2.41. The molecule has 5 heteroatoms. The van der Waals surface area contributed by atoms with E-state index < -0.39 is 0 Å². The van der Waals surface area contributed by atoms with Gasteiger partial charge in [-0.1, -0.05) is 12.1 Å². The molecule has 0 aliphatic heterocycles. The lowest BCUT2D eigenvalue weighted by Crippen LogP contribution is -2.15. The van der Waals surface area contributed by atoms with Crippen molar-refractivity contribution in [2.45, 2.75) is 20.4 Å². The molecule has 5 nitrogen and oxygen atoms in total. The van der Waals surface area contributed by atoms with Crippen LogP contribution in [0.1, 0.15) is 17.0 Å². The van der Waals surface area contributed by atoms with E-state index >= 15 is 0 Å². The summed E-state index contributed by atoms with van der Waals surface area (Å²) in [7, 11) is 1.92. The molecule has 1 aromatic carbocycles. The lowest BCUT2D eigenvalue weighted by atomic mass is 10.2. The van der Waals surface area contributed by atoms with Crippen LogP contribution >= 0.6 is 0 Å². The molecular weight excluding hydrogens is 226 g/mol. The van der Waals surface area contributed by atoms with Gasteiger partial charge in [-0.05, 0) is 31.5 Å². The van der Waals surface area contributed by atoms with Crippen LogP contribution in [0.2, 0.25) is 0 Å². The smallest absolute Gasteiger partial charge is 0.249 e. The number of hydrogen-bond donors (Lipinski definition) is 1. The van der Waals surface area contributed by atoms with Gasteiger partial charge in [0.05, 0.1) is 11.4 Å². The SMILES string of the molecule is Cc1nnc(N(C)c2cccc(CN)c2)nc1C. The van der Waals surface area contributed by atoms with E-state index in [-0.39, 0.29) is 0 Å². The fourth-order valence-electron chi connectivity index (χ4n) is 1.59. The number of nitrogens with zero attached hydrogens (tertiary/aromatic N) is 4. The molecule has 0 aliphatic rings. The van der Waals surface area contributed by atoms with Gasteiger partial charge in [-0.15, -0.1) is 5.10 Å². The molecule has 0 saturated heterocycles. The summed E-state index contributed by atoms with van der Waals surface area (Å²) < 4.78 is 0. The van der Waals surface area contributed by atoms with Gasteiger partial charge in [-0.3, -0.25) is 0 Å². The van der Waals surface area contributed by atoms with Crippen molar-refractivity contribution in [3.63, 3.8) is 0 Å². The highest BCUT2D eigenvalue weighted by molar-refractivity contribution is 5.57. The van der Waals surface area contributed by atoms with Crippen LogP contribution in [-0.2, 0) is 6.54 Å². The van der Waals surface area contributed by atoms with Gasteiger partial charge in [0.25, 0.3) is 0 Å². The molecule has 1 heterocycles. The van der Waals surface area contributed by atoms with Gasteiger partial charge in [0.15, 0.2) is 0 Å². The van der Waals surface area contributed by atoms with E-state index in [0.29, 0.717) is 12.5 Å². The quantitative estimate of drug-likeness (QED) is 0.889. The molecule has 0 fully saturated rings. The minimum atomic E-state index is 0.522. The zero-order chi connectivity index (χ0) is 13.1. The molecule has 2 rings (SSSR count). The fraction of sp³-hybridized carbons (Fsp3) is 0.308. The van der Waals surface area contributed by atoms with E-state index in [1.807, 2.05) is 50.1 Å². The minimum Gasteiger partial charge on any atom is -0.326 e. The molecule has 94 valence electrons. The molecule has 0 aliphatic carbocycles. The zero-order valence-electron chi connectivity index (χ0n) is 10.9. The van der Waals surface area contributed by atoms with Crippen LogP contribution in [0, 0.1) is 13.8 Å². The third-order valence-electron chi connectivity index (χ3n) is 2.91. The predicted molar refractivity (Wildman–Crippen MR) is 71.7 cm³/mol. The first-order chi connectivity index (χ1) is 8.61. The highest BCUT2D eigenvalue weighted by Crippen LogP contribution is 2.20. The second kappa shape index (κ2) is 5.10. The van der Waals surface area contributed by atoms with Crippen LogP contribution in [0.3, 0.4) is 0 Å². The Morgan fingerprint density at radius 1 is 1.17 bits per heavy atom. The molecule has 1 aromatic heterocycles. The van der Waals surface area contributed by atoms with Gasteiger partial charge >= 0.3 is 0 Å². The maximum atomic E-state index is 5.64. The first-order valence-corrected chi connectivity index (χ1v) is 5.82. The Morgan fingerprint density at radius 3 is 2.61 bits per heavy atom. The maximum absolute atomic E-state index is 5.64. The lowest BCUT2D eigenvalue weighted by molar-refractivity contribution is 0.871. The summed E-state index contributed by atoms with van der Waals surface area (Å²) in [6, 6.07) is 8.00. The van der Waals surface area contributed by atoms with Gasteiger partial charge < -0.3 is 10.6 Å². The van der Waals surface area contributed by atoms with Crippen LogP contribution in [0.15, 0.2) is 24.3 Å². The van der Waals surface area contributed by atoms with Crippen LogP contribution in [-0.4, -0.2) is 22.2 Å². The van der Waals surface area contributed by atoms with Crippen molar-refractivity contribution in [1.82, 2.24) is 15.2 Å². The summed E-state index contributed by atoms with van der Waals surface area (Å²) in [5.74, 6) is 0.590. The second-order valence-corrected chi connectivity index (χ2v) is 4.22. The highest BCUT2D eigenvalue weighted by Gasteiger charge is 2.09. The Balaban J connectivity index is 2.34. The van der Waals surface area contributed by atoms with Crippen LogP contribution in [0.25, 0.3) is 0 Å². The van der Waals surface area contributed by atoms with E-state index in [2.05, 4.69) is 15.2 Å². The number of nitrogens with two attached hydrogens (primary N) is 1. The normalized spacial score (nSPS) is 10.4. The average molecular weight is 243 g/mol. The molecule has 2 N–H and O–H groups in total. The molecule has 18 heavy (non-hydrogen) atoms. The fourth-order valence-corrected chi connectivity index (χ4v) is 1.59. The zero-order valence-corrected chi connectivity index (χ0v) is 10.9. The highest BCUT2D eigenvalue weighted by atomic mass is 15.3. The Kier molecular flexibility index (Phi) is 3.53. The first kappa shape index (κ1) is 12.4. The van der Waals surface area contributed by atoms with Crippen molar-refractivity contribution in [3.05, 3.63) is 41.2 Å². The summed E-state index contributed by atoms with van der Waals surface area (Å²) in [5.41, 5.74) is 9.46. The number of hydrogen-bond acceptors (Lipinski definition) is 5. The van der Waals surface area contributed by atoms with Crippen molar-refractivity contribution in [2.75, 3.05) is 11.9 Å². The summed E-state index contributed by atoms with van der Waals surface area (Å²) >= 11 is 0. The number of aryl methyl sites for hydroxylation is 2. The third kappa shape index (κ3) is 2.46. The molecule has 0 spiro atoms. The Hall–Kier alpha value is -2.01. The maximum Gasteiger partial charge on any atom is 0.249 e. The van der Waals surface area contributed by atoms with Crippen molar-refractivity contribution >= 4 is 11.6 Å². The van der Waals surface area contributed by atoms with Gasteiger partial charge in [-0.2, -0.15) is 5.10 Å². The topological polar surface area (TPSA) is 67.9 Å². The predicted octanol–water partition coefficient (Wildman–Crippen LogP) is 1.72. The van der Waals surface area contributed by atoms with Crippen molar-refractivity contribution in [3.8, 4) is 0 Å². The van der Waals surface area contributed by atoms with Gasteiger partial charge in [-0.25, -0.2) is 4.98 Å². The molecule has 2 aromatic rings. The third-order valence-corrected chi connectivity index (χ3v) is 2.91. The lowest BCUT2D eigenvalue weighted by Gasteiger charge is -2.17. The van der Waals surface area contributed by atoms with Gasteiger partial charge in [0, 0.05) is 19.3 Å². The van der Waals surface area contributed by atoms with Gasteiger partial charge in [0.2, 0.25) is 5.95 Å². The summed E-state index contributed by atoms with van der Waals surface area (Å²) in [6.45, 7) is 4.35. The standard InChI is InChI=1S/C13H17N5/c1-9-10(2)16-17-13(15-9)18(3)12-6-4-5-11(7-12)8-14/h4-7H,8,14H2,1-3H3. The molecular formula is C13H17N5. The molecule has 0 amide bonds. The molecule has 0 bridgehead atoms. The van der Waals surface area contributed by atoms with Crippen molar-refractivity contribution < 1.29 is 0 Å². The van der Waals surface area contributed by atoms with Crippen molar-refractivity contribution in [1.29, 1.82) is 0 Å². The van der Waals surface area contributed by atoms with E-state index in [4.69, 9.17) is 5.73 Å². The van der Waals surface area contributed by atoms with E-state index in [0.717, 1.165) is 22.6 Å². The number of anilines is 2. The monoisotopic (exact) mass is 243 g/mol. The Bertz CT molecular complexity index is 553. The second-order valence-electron chi connectivity index (χ2n) is 4.22. The Labute approximate surface area is 107 Å². The Morgan fingerprint density at radius 2 is 1.94 bits per heavy atom.